The molecule has 3 aromatic rings. The number of hydrogen-bond donors (Lipinski definition) is 1. The van der Waals surface area contributed by atoms with Crippen LogP contribution in [0.15, 0.2) is 84.0 Å². The van der Waals surface area contributed by atoms with Gasteiger partial charge in [-0.1, -0.05) is 60.7 Å². The molecular weight excluding hydrogens is 386 g/mol. The number of hydrogen-bond acceptors (Lipinski definition) is 4. The highest BCUT2D eigenvalue weighted by Crippen LogP contribution is 2.23. The van der Waals surface area contributed by atoms with Crippen LogP contribution in [-0.2, 0) is 0 Å². The van der Waals surface area contributed by atoms with Crippen LogP contribution in [0.2, 0.25) is 0 Å². The first-order chi connectivity index (χ1) is 15.3. The van der Waals surface area contributed by atoms with E-state index < -0.39 is 0 Å². The normalized spacial score (nSPS) is 14.9. The van der Waals surface area contributed by atoms with Gasteiger partial charge < -0.3 is 14.4 Å². The van der Waals surface area contributed by atoms with Crippen LogP contribution >= 0.6 is 0 Å². The fourth-order valence-corrected chi connectivity index (χ4v) is 4.21. The highest BCUT2D eigenvalue weighted by Gasteiger charge is 2.29. The van der Waals surface area contributed by atoms with Crippen molar-refractivity contribution in [2.75, 3.05) is 40.4 Å². The predicted octanol–water partition coefficient (Wildman–Crippen LogP) is 3.03. The first kappa shape index (κ1) is 20.9. The third kappa shape index (κ3) is 5.06. The van der Waals surface area contributed by atoms with Gasteiger partial charge in [-0.05, 0) is 12.1 Å². The van der Waals surface area contributed by atoms with Gasteiger partial charge in [-0.3, -0.25) is 5.01 Å². The average molecular weight is 417 g/mol. The molecule has 0 saturated carbocycles. The maximum absolute atomic E-state index is 5.48. The van der Waals surface area contributed by atoms with Gasteiger partial charge >= 0.3 is 0 Å². The summed E-state index contributed by atoms with van der Waals surface area (Å²) in [6, 6.07) is 27.8. The zero-order valence-corrected chi connectivity index (χ0v) is 18.2. The smallest absolute Gasteiger partial charge is 0.139 e. The van der Waals surface area contributed by atoms with Crippen LogP contribution in [0, 0.1) is 0 Å². The molecule has 0 unspecified atom stereocenters. The molecule has 1 heterocycles. The van der Waals surface area contributed by atoms with Crippen molar-refractivity contribution in [3.8, 4) is 11.5 Å². The zero-order valence-electron chi connectivity index (χ0n) is 18.2. The zero-order chi connectivity index (χ0) is 21.5. The molecular formula is C26H30N3O2+. The fourth-order valence-electron chi connectivity index (χ4n) is 4.21. The van der Waals surface area contributed by atoms with Crippen molar-refractivity contribution in [2.45, 2.75) is 6.04 Å². The molecule has 0 aromatic heterocycles. The van der Waals surface area contributed by atoms with Crippen LogP contribution in [0.3, 0.4) is 0 Å². The van der Waals surface area contributed by atoms with Gasteiger partial charge in [0.15, 0.2) is 0 Å². The number of nitrogens with zero attached hydrogens (tertiary/aromatic N) is 2. The molecule has 31 heavy (non-hydrogen) atoms. The molecule has 1 N–H and O–H groups in total. The molecule has 4 rings (SSSR count). The summed E-state index contributed by atoms with van der Waals surface area (Å²) in [6.07, 6.45) is 1.88. The van der Waals surface area contributed by atoms with E-state index in [1.54, 1.807) is 19.1 Å². The number of nitrogens with one attached hydrogen (secondary N) is 1. The second kappa shape index (κ2) is 10.1. The van der Waals surface area contributed by atoms with Crippen LogP contribution in [0.4, 0.5) is 0 Å². The third-order valence-electron chi connectivity index (χ3n) is 5.86. The Kier molecular flexibility index (Phi) is 6.85. The molecule has 0 atom stereocenters. The summed E-state index contributed by atoms with van der Waals surface area (Å²) in [5, 5.41) is 6.88. The van der Waals surface area contributed by atoms with E-state index in [-0.39, 0.29) is 0 Å². The lowest BCUT2D eigenvalue weighted by molar-refractivity contribution is -0.929. The van der Waals surface area contributed by atoms with Crippen molar-refractivity contribution >= 4 is 6.21 Å². The number of quaternary nitrogens is 1. The summed E-state index contributed by atoms with van der Waals surface area (Å²) in [7, 11) is 3.32. The molecule has 160 valence electrons. The average Bonchev–Trinajstić information content (AvgIpc) is 2.85. The Morgan fingerprint density at radius 1 is 0.839 bits per heavy atom. The largest absolute Gasteiger partial charge is 0.497 e. The monoisotopic (exact) mass is 416 g/mol. The predicted molar refractivity (Wildman–Crippen MR) is 124 cm³/mol. The number of benzene rings is 3. The first-order valence-electron chi connectivity index (χ1n) is 10.7. The van der Waals surface area contributed by atoms with Crippen LogP contribution in [0.5, 0.6) is 11.5 Å². The van der Waals surface area contributed by atoms with Gasteiger partial charge in [-0.15, -0.1) is 0 Å². The Morgan fingerprint density at radius 3 is 2.00 bits per heavy atom. The minimum Gasteiger partial charge on any atom is -0.497 e. The van der Waals surface area contributed by atoms with Gasteiger partial charge in [0.25, 0.3) is 0 Å². The van der Waals surface area contributed by atoms with Crippen molar-refractivity contribution in [1.29, 1.82) is 0 Å². The fraction of sp³-hybridized carbons (Fsp3) is 0.269. The molecule has 0 aliphatic carbocycles. The van der Waals surface area contributed by atoms with Crippen molar-refractivity contribution in [1.82, 2.24) is 5.01 Å². The standard InChI is InChI=1S/C26H29N3O2/c1-30-24-14-13-23(25(19-24)31-2)20-27-29-17-15-28(16-18-29)26(21-9-5-3-6-10-21)22-11-7-4-8-12-22/h3-14,19-20,26H,15-18H2,1-2H3/p+1/b27-20-. The first-order valence-corrected chi connectivity index (χ1v) is 10.7. The second-order valence-corrected chi connectivity index (χ2v) is 7.72. The van der Waals surface area contributed by atoms with E-state index in [0.29, 0.717) is 6.04 Å². The lowest BCUT2D eigenvalue weighted by Gasteiger charge is -2.36. The lowest BCUT2D eigenvalue weighted by Crippen LogP contribution is -3.15. The summed E-state index contributed by atoms with van der Waals surface area (Å²) in [5.74, 6) is 1.54. The van der Waals surface area contributed by atoms with Crippen LogP contribution in [0.25, 0.3) is 0 Å². The Hall–Kier alpha value is -3.31. The van der Waals surface area contributed by atoms with Crippen molar-refractivity contribution in [3.05, 3.63) is 95.6 Å². The molecule has 5 heteroatoms. The third-order valence-corrected chi connectivity index (χ3v) is 5.86. The number of piperazine rings is 1. The van der Waals surface area contributed by atoms with Gasteiger partial charge in [0.1, 0.15) is 17.5 Å². The molecule has 5 nitrogen and oxygen atoms in total. The van der Waals surface area contributed by atoms with E-state index in [2.05, 4.69) is 65.7 Å². The highest BCUT2D eigenvalue weighted by atomic mass is 16.5. The van der Waals surface area contributed by atoms with Crippen LogP contribution in [-0.4, -0.2) is 51.6 Å². The van der Waals surface area contributed by atoms with Gasteiger partial charge in [0, 0.05) is 22.8 Å². The SMILES string of the molecule is COc1ccc(/C=N\N2CC[NH+](C(c3ccccc3)c3ccccc3)CC2)c(OC)c1. The van der Waals surface area contributed by atoms with Gasteiger partial charge in [-0.2, -0.15) is 5.10 Å². The van der Waals surface area contributed by atoms with Crippen molar-refractivity contribution in [3.63, 3.8) is 0 Å². The molecule has 0 amide bonds. The maximum Gasteiger partial charge on any atom is 0.139 e. The molecule has 1 aliphatic rings. The quantitative estimate of drug-likeness (QED) is 0.602. The molecule has 0 bridgehead atoms. The van der Waals surface area contributed by atoms with E-state index >= 15 is 0 Å². The van der Waals surface area contributed by atoms with Gasteiger partial charge in [0.05, 0.1) is 46.6 Å². The van der Waals surface area contributed by atoms with Gasteiger partial charge in [0.2, 0.25) is 0 Å². The second-order valence-electron chi connectivity index (χ2n) is 7.72. The number of rotatable bonds is 7. The Bertz CT molecular complexity index is 945. The van der Waals surface area contributed by atoms with E-state index in [1.807, 2.05) is 24.4 Å². The van der Waals surface area contributed by atoms with E-state index in [0.717, 1.165) is 43.2 Å². The maximum atomic E-state index is 5.48. The molecule has 1 saturated heterocycles. The summed E-state index contributed by atoms with van der Waals surface area (Å²) in [6.45, 7) is 3.90. The van der Waals surface area contributed by atoms with E-state index in [9.17, 15) is 0 Å². The Labute approximate surface area is 184 Å². The van der Waals surface area contributed by atoms with E-state index in [1.165, 1.54) is 11.1 Å². The minimum absolute atomic E-state index is 0.343. The number of ether oxygens (including phenoxy) is 2. The Balaban J connectivity index is 1.45. The topological polar surface area (TPSA) is 38.5 Å². The molecule has 1 fully saturated rings. The molecule has 0 spiro atoms. The van der Waals surface area contributed by atoms with Gasteiger partial charge in [-0.25, -0.2) is 0 Å². The van der Waals surface area contributed by atoms with Crippen LogP contribution in [0.1, 0.15) is 22.7 Å². The summed E-state index contributed by atoms with van der Waals surface area (Å²) >= 11 is 0. The number of methoxy groups -OCH3 is 2. The van der Waals surface area contributed by atoms with E-state index in [4.69, 9.17) is 14.6 Å². The Morgan fingerprint density at radius 2 is 1.45 bits per heavy atom. The van der Waals surface area contributed by atoms with Crippen molar-refractivity contribution in [2.24, 2.45) is 5.10 Å². The molecule has 1 aliphatic heterocycles. The van der Waals surface area contributed by atoms with Crippen molar-refractivity contribution < 1.29 is 14.4 Å². The van der Waals surface area contributed by atoms with Crippen LogP contribution < -0.4 is 14.4 Å². The number of hydrazone groups is 1. The summed E-state index contributed by atoms with van der Waals surface area (Å²) in [5.41, 5.74) is 3.68. The lowest BCUT2D eigenvalue weighted by atomic mass is 9.96. The highest BCUT2D eigenvalue weighted by molar-refractivity contribution is 5.83. The molecule has 0 radical (unpaired) electrons. The minimum atomic E-state index is 0.343. The summed E-state index contributed by atoms with van der Waals surface area (Å²) in [4.78, 5) is 1.57. The molecule has 3 aromatic carbocycles. The summed E-state index contributed by atoms with van der Waals surface area (Å²) < 4.78 is 10.8.